The monoisotopic (exact) mass is 432 g/mol. The molecule has 0 unspecified atom stereocenters. The molecule has 3 aromatic carbocycles. The second-order valence-corrected chi connectivity index (χ2v) is 8.42. The van der Waals surface area contributed by atoms with E-state index in [1.807, 2.05) is 6.92 Å². The summed E-state index contributed by atoms with van der Waals surface area (Å²) in [5, 5.41) is 3.96. The Balaban J connectivity index is 1.74. The molecule has 0 bridgehead atoms. The van der Waals surface area contributed by atoms with Crippen molar-refractivity contribution < 1.29 is 21.6 Å². The molecule has 0 saturated carbocycles. The van der Waals surface area contributed by atoms with Gasteiger partial charge in [-0.15, -0.1) is 0 Å². The van der Waals surface area contributed by atoms with Crippen LogP contribution >= 0.6 is 0 Å². The summed E-state index contributed by atoms with van der Waals surface area (Å²) < 4.78 is 62.7. The quantitative estimate of drug-likeness (QED) is 0.435. The highest BCUT2D eigenvalue weighted by Gasteiger charge is 2.29. The normalized spacial score (nSPS) is 12.6. The van der Waals surface area contributed by atoms with Crippen molar-refractivity contribution in [3.05, 3.63) is 89.5 Å². The van der Waals surface area contributed by atoms with Crippen molar-refractivity contribution in [3.8, 4) is 11.1 Å². The van der Waals surface area contributed by atoms with Gasteiger partial charge in [-0.3, -0.25) is 0 Å². The van der Waals surface area contributed by atoms with Gasteiger partial charge in [0.2, 0.25) is 0 Å². The second-order valence-electron chi connectivity index (χ2n) is 6.76. The minimum atomic E-state index is -4.37. The molecule has 0 saturated heterocycles. The molecule has 156 valence electrons. The van der Waals surface area contributed by atoms with Gasteiger partial charge in [0.05, 0.1) is 16.2 Å². The lowest BCUT2D eigenvalue weighted by molar-refractivity contribution is -0.137. The zero-order chi connectivity index (χ0) is 21.9. The van der Waals surface area contributed by atoms with E-state index in [4.69, 9.17) is 0 Å². The number of alkyl halides is 3. The average molecular weight is 432 g/mol. The summed E-state index contributed by atoms with van der Waals surface area (Å²) in [7, 11) is -3.78. The Kier molecular flexibility index (Phi) is 5.98. The van der Waals surface area contributed by atoms with E-state index >= 15 is 0 Å². The molecule has 0 aliphatic rings. The van der Waals surface area contributed by atoms with Crippen molar-refractivity contribution >= 4 is 15.7 Å². The molecule has 3 aromatic rings. The van der Waals surface area contributed by atoms with E-state index in [2.05, 4.69) is 9.93 Å². The first-order chi connectivity index (χ1) is 14.1. The number of aryl methyl sites for hydroxylation is 1. The summed E-state index contributed by atoms with van der Waals surface area (Å²) in [5.41, 5.74) is 2.75. The van der Waals surface area contributed by atoms with Crippen LogP contribution < -0.4 is 4.83 Å². The Labute approximate surface area is 173 Å². The fourth-order valence-corrected chi connectivity index (χ4v) is 3.58. The molecule has 0 heterocycles. The standard InChI is InChI=1S/C22H19F3N2O2S/c1-15-3-13-21(14-4-15)30(28,29)27-26-16(2)17-5-7-18(8-6-17)19-9-11-20(12-10-19)22(23,24)25/h3-14,27H,1-2H3. The summed E-state index contributed by atoms with van der Waals surface area (Å²) in [5.74, 6) is 0. The number of hydrazone groups is 1. The first kappa shape index (κ1) is 21.6. The molecule has 0 aliphatic carbocycles. The Bertz CT molecular complexity index is 1150. The van der Waals surface area contributed by atoms with Crippen LogP contribution in [0.25, 0.3) is 11.1 Å². The minimum absolute atomic E-state index is 0.113. The lowest BCUT2D eigenvalue weighted by Crippen LogP contribution is -2.19. The van der Waals surface area contributed by atoms with Gasteiger partial charge in [-0.1, -0.05) is 54.1 Å². The number of hydrogen-bond acceptors (Lipinski definition) is 3. The van der Waals surface area contributed by atoms with E-state index in [9.17, 15) is 21.6 Å². The SMILES string of the molecule is CC(=NNS(=O)(=O)c1ccc(C)cc1)c1ccc(-c2ccc(C(F)(F)F)cc2)cc1. The lowest BCUT2D eigenvalue weighted by atomic mass is 10.0. The predicted molar refractivity (Wildman–Crippen MR) is 111 cm³/mol. The van der Waals surface area contributed by atoms with Crippen LogP contribution in [-0.4, -0.2) is 14.1 Å². The van der Waals surface area contributed by atoms with Gasteiger partial charge in [0.15, 0.2) is 0 Å². The largest absolute Gasteiger partial charge is 0.416 e. The van der Waals surface area contributed by atoms with Crippen LogP contribution in [0.3, 0.4) is 0 Å². The van der Waals surface area contributed by atoms with Crippen molar-refractivity contribution in [2.24, 2.45) is 5.10 Å². The third-order valence-corrected chi connectivity index (χ3v) is 5.74. The number of nitrogens with one attached hydrogen (secondary N) is 1. The summed E-state index contributed by atoms with van der Waals surface area (Å²) in [6.45, 7) is 3.52. The maximum atomic E-state index is 12.7. The van der Waals surface area contributed by atoms with Gasteiger partial charge in [-0.05, 0) is 54.8 Å². The number of sulfonamides is 1. The highest BCUT2D eigenvalue weighted by Crippen LogP contribution is 2.31. The minimum Gasteiger partial charge on any atom is -0.200 e. The third kappa shape index (κ3) is 5.07. The average Bonchev–Trinajstić information content (AvgIpc) is 2.72. The van der Waals surface area contributed by atoms with Crippen LogP contribution in [0.5, 0.6) is 0 Å². The van der Waals surface area contributed by atoms with Crippen LogP contribution in [0.4, 0.5) is 13.2 Å². The number of rotatable bonds is 5. The van der Waals surface area contributed by atoms with Gasteiger partial charge >= 0.3 is 6.18 Å². The van der Waals surface area contributed by atoms with E-state index in [0.29, 0.717) is 16.8 Å². The van der Waals surface area contributed by atoms with E-state index < -0.39 is 21.8 Å². The first-order valence-corrected chi connectivity index (χ1v) is 10.5. The van der Waals surface area contributed by atoms with E-state index in [0.717, 1.165) is 23.3 Å². The van der Waals surface area contributed by atoms with Crippen LogP contribution in [-0.2, 0) is 16.2 Å². The summed E-state index contributed by atoms with van der Waals surface area (Å²) in [6, 6.07) is 18.2. The second kappa shape index (κ2) is 8.31. The molecular weight excluding hydrogens is 413 g/mol. The van der Waals surface area contributed by atoms with Gasteiger partial charge in [-0.25, -0.2) is 0 Å². The van der Waals surface area contributed by atoms with Crippen molar-refractivity contribution in [1.29, 1.82) is 0 Å². The lowest BCUT2D eigenvalue weighted by Gasteiger charge is -2.09. The zero-order valence-corrected chi connectivity index (χ0v) is 17.1. The highest BCUT2D eigenvalue weighted by molar-refractivity contribution is 7.89. The molecule has 30 heavy (non-hydrogen) atoms. The van der Waals surface area contributed by atoms with E-state index in [-0.39, 0.29) is 4.90 Å². The van der Waals surface area contributed by atoms with Crippen molar-refractivity contribution in [3.63, 3.8) is 0 Å². The maximum Gasteiger partial charge on any atom is 0.416 e. The van der Waals surface area contributed by atoms with Crippen LogP contribution in [0.2, 0.25) is 0 Å². The fraction of sp³-hybridized carbons (Fsp3) is 0.136. The summed E-state index contributed by atoms with van der Waals surface area (Å²) in [6.07, 6.45) is -4.37. The van der Waals surface area contributed by atoms with Crippen molar-refractivity contribution in [2.75, 3.05) is 0 Å². The maximum absolute atomic E-state index is 12.7. The van der Waals surface area contributed by atoms with Gasteiger partial charge in [0, 0.05) is 0 Å². The highest BCUT2D eigenvalue weighted by atomic mass is 32.2. The zero-order valence-electron chi connectivity index (χ0n) is 16.2. The molecule has 0 aromatic heterocycles. The first-order valence-electron chi connectivity index (χ1n) is 8.97. The topological polar surface area (TPSA) is 58.5 Å². The smallest absolute Gasteiger partial charge is 0.200 e. The van der Waals surface area contributed by atoms with Crippen molar-refractivity contribution in [2.45, 2.75) is 24.9 Å². The van der Waals surface area contributed by atoms with Gasteiger partial charge in [0.1, 0.15) is 0 Å². The number of halogens is 3. The van der Waals surface area contributed by atoms with Gasteiger partial charge in [0.25, 0.3) is 10.0 Å². The predicted octanol–water partition coefficient (Wildman–Crippen LogP) is 5.38. The van der Waals surface area contributed by atoms with E-state index in [1.165, 1.54) is 24.3 Å². The molecule has 0 radical (unpaired) electrons. The Morgan fingerprint density at radius 3 is 1.83 bits per heavy atom. The Hall–Kier alpha value is -3.13. The van der Waals surface area contributed by atoms with Crippen LogP contribution in [0, 0.1) is 6.92 Å². The summed E-state index contributed by atoms with van der Waals surface area (Å²) in [4.78, 5) is 2.33. The molecule has 8 heteroatoms. The van der Waals surface area contributed by atoms with Crippen LogP contribution in [0.15, 0.2) is 82.8 Å². The molecule has 4 nitrogen and oxygen atoms in total. The summed E-state index contributed by atoms with van der Waals surface area (Å²) >= 11 is 0. The molecule has 3 rings (SSSR count). The Morgan fingerprint density at radius 2 is 1.33 bits per heavy atom. The number of nitrogens with zero attached hydrogens (tertiary/aromatic N) is 1. The molecule has 0 atom stereocenters. The molecule has 0 amide bonds. The molecule has 0 aliphatic heterocycles. The number of hydrogen-bond donors (Lipinski definition) is 1. The Morgan fingerprint density at radius 1 is 0.833 bits per heavy atom. The number of benzene rings is 3. The third-order valence-electron chi connectivity index (χ3n) is 4.51. The molecular formula is C22H19F3N2O2S. The van der Waals surface area contributed by atoms with Crippen LogP contribution in [0.1, 0.15) is 23.6 Å². The van der Waals surface area contributed by atoms with Gasteiger partial charge < -0.3 is 0 Å². The van der Waals surface area contributed by atoms with Crippen molar-refractivity contribution in [1.82, 2.24) is 4.83 Å². The molecule has 1 N–H and O–H groups in total. The fourth-order valence-electron chi connectivity index (χ4n) is 2.72. The van der Waals surface area contributed by atoms with Gasteiger partial charge in [-0.2, -0.15) is 31.5 Å². The van der Waals surface area contributed by atoms with E-state index in [1.54, 1.807) is 43.3 Å². The molecule has 0 fully saturated rings. The molecule has 0 spiro atoms.